The minimum absolute atomic E-state index is 0.0374. The third-order valence-electron chi connectivity index (χ3n) is 5.62. The number of hydrogen-bond acceptors (Lipinski definition) is 9. The second-order valence-electron chi connectivity index (χ2n) is 8.39. The van der Waals surface area contributed by atoms with Crippen LogP contribution in [0.2, 0.25) is 0 Å². The third-order valence-corrected chi connectivity index (χ3v) is 7.37. The van der Waals surface area contributed by atoms with E-state index in [9.17, 15) is 13.2 Å². The molecular formula is C25H26N4O6S2. The van der Waals surface area contributed by atoms with Gasteiger partial charge in [0.25, 0.3) is 5.91 Å². The third kappa shape index (κ3) is 5.86. The highest BCUT2D eigenvalue weighted by atomic mass is 32.2. The molecule has 0 fully saturated rings. The number of sulfone groups is 1. The van der Waals surface area contributed by atoms with Crippen LogP contribution in [-0.2, 0) is 14.6 Å². The van der Waals surface area contributed by atoms with Gasteiger partial charge < -0.3 is 14.2 Å². The number of rotatable bonds is 8. The maximum atomic E-state index is 12.6. The Morgan fingerprint density at radius 1 is 1.05 bits per heavy atom. The van der Waals surface area contributed by atoms with Crippen molar-refractivity contribution in [3.05, 3.63) is 58.7 Å². The number of benzene rings is 2. The normalized spacial score (nSPS) is 16.4. The second kappa shape index (κ2) is 10.8. The van der Waals surface area contributed by atoms with E-state index in [2.05, 4.69) is 16.3 Å². The summed E-state index contributed by atoms with van der Waals surface area (Å²) in [6, 6.07) is 11.1. The monoisotopic (exact) mass is 542 g/mol. The molecule has 0 radical (unpaired) electrons. The first kappa shape index (κ1) is 26.4. The molecule has 0 atom stereocenters. The summed E-state index contributed by atoms with van der Waals surface area (Å²) in [6.45, 7) is 5.00. The largest absolute Gasteiger partial charge is 0.493 e. The van der Waals surface area contributed by atoms with Crippen LogP contribution in [0.4, 0.5) is 0 Å². The van der Waals surface area contributed by atoms with Crippen LogP contribution < -0.4 is 14.2 Å². The molecule has 0 unspecified atom stereocenters. The van der Waals surface area contributed by atoms with Crippen LogP contribution in [0.25, 0.3) is 6.08 Å². The van der Waals surface area contributed by atoms with Crippen molar-refractivity contribution in [3.63, 3.8) is 0 Å². The van der Waals surface area contributed by atoms with Gasteiger partial charge in [-0.3, -0.25) is 10.2 Å². The average molecular weight is 543 g/mol. The van der Waals surface area contributed by atoms with Crippen molar-refractivity contribution in [2.75, 3.05) is 26.6 Å². The molecule has 37 heavy (non-hydrogen) atoms. The van der Waals surface area contributed by atoms with E-state index in [0.29, 0.717) is 36.7 Å². The summed E-state index contributed by atoms with van der Waals surface area (Å²) in [5.41, 5.74) is 2.88. The summed E-state index contributed by atoms with van der Waals surface area (Å²) in [6.07, 6.45) is 3.10. The lowest BCUT2D eigenvalue weighted by Gasteiger charge is -2.23. The molecule has 1 amide bonds. The van der Waals surface area contributed by atoms with E-state index in [1.807, 2.05) is 25.1 Å². The minimum Gasteiger partial charge on any atom is -0.493 e. The summed E-state index contributed by atoms with van der Waals surface area (Å²) < 4.78 is 45.0. The van der Waals surface area contributed by atoms with Gasteiger partial charge in [0.1, 0.15) is 11.6 Å². The summed E-state index contributed by atoms with van der Waals surface area (Å²) >= 11 is 0.746. The fraction of sp³-hybridized carbons (Fsp3) is 0.280. The van der Waals surface area contributed by atoms with Crippen molar-refractivity contribution < 1.29 is 27.4 Å². The van der Waals surface area contributed by atoms with Gasteiger partial charge in [-0.25, -0.2) is 13.3 Å². The zero-order valence-corrected chi connectivity index (χ0v) is 22.4. The van der Waals surface area contributed by atoms with Crippen molar-refractivity contribution in [2.24, 2.45) is 9.39 Å². The Bertz CT molecular complexity index is 1460. The molecule has 0 saturated carbocycles. The van der Waals surface area contributed by atoms with E-state index in [1.54, 1.807) is 18.2 Å². The Labute approximate surface area is 219 Å². The number of carbonyl (C=O) groups excluding carboxylic acids is 1. The Balaban J connectivity index is 1.42. The number of amides is 1. The molecule has 0 saturated heterocycles. The van der Waals surface area contributed by atoms with E-state index < -0.39 is 15.7 Å². The van der Waals surface area contributed by atoms with Gasteiger partial charge in [0.05, 0.1) is 37.8 Å². The van der Waals surface area contributed by atoms with E-state index in [0.717, 1.165) is 28.9 Å². The molecule has 1 N–H and O–H groups in total. The van der Waals surface area contributed by atoms with E-state index in [-0.39, 0.29) is 21.7 Å². The van der Waals surface area contributed by atoms with Gasteiger partial charge in [-0.1, -0.05) is 12.1 Å². The molecule has 0 aromatic heterocycles. The Kier molecular flexibility index (Phi) is 7.69. The maximum Gasteiger partial charge on any atom is 0.283 e. The van der Waals surface area contributed by atoms with Crippen molar-refractivity contribution in [1.29, 1.82) is 5.41 Å². The van der Waals surface area contributed by atoms with Crippen LogP contribution in [0.5, 0.6) is 17.2 Å². The summed E-state index contributed by atoms with van der Waals surface area (Å²) in [5.74, 6) is 0.811. The first-order valence-corrected chi connectivity index (χ1v) is 13.9. The Morgan fingerprint density at radius 2 is 1.81 bits per heavy atom. The fourth-order valence-electron chi connectivity index (χ4n) is 3.53. The fourth-order valence-corrected chi connectivity index (χ4v) is 5.38. The molecule has 0 aliphatic carbocycles. The van der Waals surface area contributed by atoms with Crippen LogP contribution in [0, 0.1) is 19.3 Å². The van der Waals surface area contributed by atoms with E-state index >= 15 is 0 Å². The molecule has 194 valence electrons. The van der Waals surface area contributed by atoms with Gasteiger partial charge >= 0.3 is 0 Å². The molecule has 2 aromatic carbocycles. The second-order valence-corrected chi connectivity index (χ2v) is 11.0. The molecule has 0 spiro atoms. The highest BCUT2D eigenvalue weighted by Crippen LogP contribution is 2.32. The number of carbonyl (C=O) groups is 1. The molecule has 0 bridgehead atoms. The number of ether oxygens (including phenoxy) is 3. The summed E-state index contributed by atoms with van der Waals surface area (Å²) in [4.78, 5) is 17.5. The topological polar surface area (TPSA) is 131 Å². The minimum atomic E-state index is -3.72. The predicted octanol–water partition coefficient (Wildman–Crippen LogP) is 3.78. The standard InChI is InChI=1S/C25H26N4O6S2/c1-15-6-8-18(12-16(15)2)34-10-5-11-35-20-9-7-17(14-21(20)33-3)13-19-22(26)29-24(27-23(19)30)36-28-25(29)37(4,31)32/h6-9,12-14,26H,5,10-11H2,1-4H3/b19-13-,26-22?. The van der Waals surface area contributed by atoms with Gasteiger partial charge in [0, 0.05) is 12.7 Å². The lowest BCUT2D eigenvalue weighted by atomic mass is 10.1. The first-order valence-electron chi connectivity index (χ1n) is 11.3. The number of methoxy groups -OCH3 is 1. The van der Waals surface area contributed by atoms with Crippen molar-refractivity contribution in [1.82, 2.24) is 4.90 Å². The molecule has 2 aliphatic rings. The first-order chi connectivity index (χ1) is 17.6. The number of nitrogens with zero attached hydrogens (tertiary/aromatic N) is 3. The number of nitrogens with one attached hydrogen (secondary N) is 1. The number of amidine groups is 3. The van der Waals surface area contributed by atoms with Crippen LogP contribution in [0.15, 0.2) is 51.4 Å². The number of aryl methyl sites for hydroxylation is 2. The molecule has 2 aliphatic heterocycles. The highest BCUT2D eigenvalue weighted by Gasteiger charge is 2.41. The maximum absolute atomic E-state index is 12.6. The van der Waals surface area contributed by atoms with E-state index in [1.165, 1.54) is 24.3 Å². The molecular weight excluding hydrogens is 516 g/mol. The molecule has 2 aromatic rings. The van der Waals surface area contributed by atoms with Crippen LogP contribution in [0.1, 0.15) is 23.1 Å². The van der Waals surface area contributed by atoms with Gasteiger partial charge in [0.15, 0.2) is 11.5 Å². The Morgan fingerprint density at radius 3 is 2.51 bits per heavy atom. The van der Waals surface area contributed by atoms with Crippen LogP contribution in [-0.4, -0.2) is 62.0 Å². The van der Waals surface area contributed by atoms with Crippen LogP contribution in [0.3, 0.4) is 0 Å². The smallest absolute Gasteiger partial charge is 0.283 e. The molecule has 2 heterocycles. The highest BCUT2D eigenvalue weighted by molar-refractivity contribution is 8.16. The van der Waals surface area contributed by atoms with Crippen LogP contribution >= 0.6 is 11.9 Å². The van der Waals surface area contributed by atoms with Gasteiger partial charge in [-0.05, 0) is 60.9 Å². The number of fused-ring (bicyclic) bond motifs is 1. The molecule has 10 nitrogen and oxygen atoms in total. The van der Waals surface area contributed by atoms with Crippen molar-refractivity contribution in [3.8, 4) is 17.2 Å². The quantitative estimate of drug-likeness (QED) is 0.303. The lowest BCUT2D eigenvalue weighted by molar-refractivity contribution is -0.114. The average Bonchev–Trinajstić information content (AvgIpc) is 3.29. The predicted molar refractivity (Wildman–Crippen MR) is 144 cm³/mol. The summed E-state index contributed by atoms with van der Waals surface area (Å²) in [5, 5.41) is 8.16. The SMILES string of the molecule is COc1cc(/C=C2/C(=N)N3C(=NC2=O)SN=C3S(C)(=O)=O)ccc1OCCCOc1ccc(C)c(C)c1. The molecule has 12 heteroatoms. The summed E-state index contributed by atoms with van der Waals surface area (Å²) in [7, 11) is -2.22. The lowest BCUT2D eigenvalue weighted by Crippen LogP contribution is -2.45. The van der Waals surface area contributed by atoms with Crippen molar-refractivity contribution in [2.45, 2.75) is 20.3 Å². The zero-order chi connectivity index (χ0) is 26.7. The van der Waals surface area contributed by atoms with Gasteiger partial charge in [-0.15, -0.1) is 0 Å². The van der Waals surface area contributed by atoms with Gasteiger partial charge in [0.2, 0.25) is 20.2 Å². The number of hydrogen-bond donors (Lipinski definition) is 1. The van der Waals surface area contributed by atoms with E-state index in [4.69, 9.17) is 19.6 Å². The van der Waals surface area contributed by atoms with Crippen molar-refractivity contribution >= 4 is 49.9 Å². The van der Waals surface area contributed by atoms with Gasteiger partial charge in [-0.2, -0.15) is 9.39 Å². The molecule has 4 rings (SSSR count). The zero-order valence-electron chi connectivity index (χ0n) is 20.8. The number of aliphatic imine (C=N–C) groups is 1. The Hall–Kier alpha value is -3.64.